The molecule has 1 aromatic carbocycles. The van der Waals surface area contributed by atoms with Gasteiger partial charge in [-0.2, -0.15) is 0 Å². The highest BCUT2D eigenvalue weighted by Crippen LogP contribution is 2.07. The zero-order valence-electron chi connectivity index (χ0n) is 11.3. The molecule has 104 valence electrons. The van der Waals surface area contributed by atoms with Crippen LogP contribution in [0.15, 0.2) is 24.3 Å². The summed E-state index contributed by atoms with van der Waals surface area (Å²) in [6.07, 6.45) is 2.78. The normalized spacial score (nSPS) is 10.2. The summed E-state index contributed by atoms with van der Waals surface area (Å²) >= 11 is 0. The van der Waals surface area contributed by atoms with Gasteiger partial charge in [0.15, 0.2) is 0 Å². The highest BCUT2D eigenvalue weighted by Gasteiger charge is 2.02. The number of aryl methyl sites for hydroxylation is 2. The van der Waals surface area contributed by atoms with Crippen molar-refractivity contribution in [2.75, 3.05) is 6.54 Å². The van der Waals surface area contributed by atoms with Crippen LogP contribution in [0.5, 0.6) is 0 Å². The minimum absolute atomic E-state index is 0.00231. The highest BCUT2D eigenvalue weighted by atomic mass is 16.4. The molecule has 19 heavy (non-hydrogen) atoms. The molecule has 0 radical (unpaired) electrons. The average Bonchev–Trinajstić information content (AvgIpc) is 2.37. The predicted molar refractivity (Wildman–Crippen MR) is 74.0 cm³/mol. The van der Waals surface area contributed by atoms with Gasteiger partial charge in [-0.1, -0.05) is 29.8 Å². The lowest BCUT2D eigenvalue weighted by Crippen LogP contribution is -2.24. The molecule has 0 spiro atoms. The van der Waals surface area contributed by atoms with Gasteiger partial charge in [0, 0.05) is 19.4 Å². The summed E-state index contributed by atoms with van der Waals surface area (Å²) in [7, 11) is 0. The monoisotopic (exact) mass is 263 g/mol. The van der Waals surface area contributed by atoms with Crippen LogP contribution in [0.25, 0.3) is 0 Å². The SMILES string of the molecule is Cc1ccc(CCCC(=O)NCCCC(=O)O)cc1. The second-order valence-electron chi connectivity index (χ2n) is 4.69. The number of rotatable bonds is 8. The van der Waals surface area contributed by atoms with E-state index in [9.17, 15) is 9.59 Å². The average molecular weight is 263 g/mol. The quantitative estimate of drug-likeness (QED) is 0.707. The van der Waals surface area contributed by atoms with Gasteiger partial charge < -0.3 is 10.4 Å². The van der Waals surface area contributed by atoms with Gasteiger partial charge in [0.2, 0.25) is 5.91 Å². The third kappa shape index (κ3) is 7.24. The number of carboxylic acids is 1. The van der Waals surface area contributed by atoms with E-state index < -0.39 is 5.97 Å². The summed E-state index contributed by atoms with van der Waals surface area (Å²) in [5.41, 5.74) is 2.48. The Balaban J connectivity index is 2.10. The minimum atomic E-state index is -0.825. The minimum Gasteiger partial charge on any atom is -0.481 e. The Kier molecular flexibility index (Phi) is 6.64. The highest BCUT2D eigenvalue weighted by molar-refractivity contribution is 5.75. The Hall–Kier alpha value is -1.84. The van der Waals surface area contributed by atoms with Crippen LogP contribution in [0.4, 0.5) is 0 Å². The second kappa shape index (κ2) is 8.29. The largest absolute Gasteiger partial charge is 0.481 e. The lowest BCUT2D eigenvalue weighted by atomic mass is 10.1. The fourth-order valence-corrected chi connectivity index (χ4v) is 1.76. The van der Waals surface area contributed by atoms with Crippen LogP contribution in [0, 0.1) is 6.92 Å². The van der Waals surface area contributed by atoms with E-state index in [4.69, 9.17) is 5.11 Å². The van der Waals surface area contributed by atoms with Gasteiger partial charge >= 0.3 is 5.97 Å². The topological polar surface area (TPSA) is 66.4 Å². The van der Waals surface area contributed by atoms with Crippen LogP contribution in [0.2, 0.25) is 0 Å². The van der Waals surface area contributed by atoms with E-state index in [0.717, 1.165) is 12.8 Å². The number of carboxylic acid groups (broad SMARTS) is 1. The Morgan fingerprint density at radius 1 is 1.11 bits per heavy atom. The molecule has 0 saturated carbocycles. The molecule has 0 aliphatic heterocycles. The van der Waals surface area contributed by atoms with Gasteiger partial charge in [-0.05, 0) is 31.7 Å². The van der Waals surface area contributed by atoms with Crippen LogP contribution in [0.3, 0.4) is 0 Å². The summed E-state index contributed by atoms with van der Waals surface area (Å²) < 4.78 is 0. The number of aliphatic carboxylic acids is 1. The third-order valence-electron chi connectivity index (χ3n) is 2.88. The van der Waals surface area contributed by atoms with Crippen LogP contribution in [0.1, 0.15) is 36.8 Å². The molecule has 0 atom stereocenters. The number of benzene rings is 1. The summed E-state index contributed by atoms with van der Waals surface area (Å²) in [6, 6.07) is 8.31. The van der Waals surface area contributed by atoms with E-state index in [1.807, 2.05) is 6.92 Å². The summed E-state index contributed by atoms with van der Waals surface area (Å²) in [5, 5.41) is 11.2. The first kappa shape index (κ1) is 15.2. The first-order chi connectivity index (χ1) is 9.08. The summed E-state index contributed by atoms with van der Waals surface area (Å²) in [5.74, 6) is -0.828. The zero-order chi connectivity index (χ0) is 14.1. The summed E-state index contributed by atoms with van der Waals surface area (Å²) in [4.78, 5) is 21.8. The molecule has 0 heterocycles. The third-order valence-corrected chi connectivity index (χ3v) is 2.88. The van der Waals surface area contributed by atoms with E-state index in [1.165, 1.54) is 11.1 Å². The van der Waals surface area contributed by atoms with Crippen LogP contribution in [-0.2, 0) is 16.0 Å². The van der Waals surface area contributed by atoms with Crippen LogP contribution < -0.4 is 5.32 Å². The number of nitrogens with one attached hydrogen (secondary N) is 1. The van der Waals surface area contributed by atoms with Gasteiger partial charge in [0.05, 0.1) is 0 Å². The van der Waals surface area contributed by atoms with Gasteiger partial charge in [0.1, 0.15) is 0 Å². The van der Waals surface area contributed by atoms with Crippen LogP contribution in [-0.4, -0.2) is 23.5 Å². The van der Waals surface area contributed by atoms with Crippen molar-refractivity contribution in [3.8, 4) is 0 Å². The molecule has 1 aromatic rings. The van der Waals surface area contributed by atoms with Gasteiger partial charge in [-0.25, -0.2) is 0 Å². The van der Waals surface area contributed by atoms with Crippen molar-refractivity contribution in [3.05, 3.63) is 35.4 Å². The Bertz CT molecular complexity index is 412. The molecule has 4 nitrogen and oxygen atoms in total. The number of carbonyl (C=O) groups is 2. The predicted octanol–water partition coefficient (Wildman–Crippen LogP) is 2.30. The van der Waals surface area contributed by atoms with Crippen molar-refractivity contribution < 1.29 is 14.7 Å². The molecule has 0 saturated heterocycles. The molecule has 0 unspecified atom stereocenters. The number of carbonyl (C=O) groups excluding carboxylic acids is 1. The van der Waals surface area contributed by atoms with E-state index in [0.29, 0.717) is 19.4 Å². The molecule has 0 aliphatic carbocycles. The van der Waals surface area contributed by atoms with Crippen molar-refractivity contribution in [3.63, 3.8) is 0 Å². The van der Waals surface area contributed by atoms with E-state index in [1.54, 1.807) is 0 Å². The molecular weight excluding hydrogens is 242 g/mol. The zero-order valence-corrected chi connectivity index (χ0v) is 11.3. The molecule has 0 aromatic heterocycles. The molecule has 1 amide bonds. The molecule has 0 bridgehead atoms. The van der Waals surface area contributed by atoms with Crippen molar-refractivity contribution in [2.45, 2.75) is 39.0 Å². The first-order valence-electron chi connectivity index (χ1n) is 6.62. The van der Waals surface area contributed by atoms with Crippen molar-refractivity contribution in [1.29, 1.82) is 0 Å². The smallest absolute Gasteiger partial charge is 0.303 e. The maximum absolute atomic E-state index is 11.5. The first-order valence-corrected chi connectivity index (χ1v) is 6.62. The van der Waals surface area contributed by atoms with E-state index in [-0.39, 0.29) is 12.3 Å². The van der Waals surface area contributed by atoms with Crippen LogP contribution >= 0.6 is 0 Å². The number of amides is 1. The van der Waals surface area contributed by atoms with Gasteiger partial charge in [-0.3, -0.25) is 9.59 Å². The Morgan fingerprint density at radius 2 is 1.79 bits per heavy atom. The van der Waals surface area contributed by atoms with Gasteiger partial charge in [-0.15, -0.1) is 0 Å². The Labute approximate surface area is 113 Å². The number of hydrogen-bond donors (Lipinski definition) is 2. The fourth-order valence-electron chi connectivity index (χ4n) is 1.76. The van der Waals surface area contributed by atoms with E-state index in [2.05, 4.69) is 29.6 Å². The molecule has 4 heteroatoms. The molecule has 0 fully saturated rings. The van der Waals surface area contributed by atoms with Crippen molar-refractivity contribution in [2.24, 2.45) is 0 Å². The van der Waals surface area contributed by atoms with Crippen molar-refractivity contribution in [1.82, 2.24) is 5.32 Å². The van der Waals surface area contributed by atoms with Crippen molar-refractivity contribution >= 4 is 11.9 Å². The molecule has 2 N–H and O–H groups in total. The lowest BCUT2D eigenvalue weighted by Gasteiger charge is -2.04. The molecule has 1 rings (SSSR count). The van der Waals surface area contributed by atoms with Gasteiger partial charge in [0.25, 0.3) is 0 Å². The fraction of sp³-hybridized carbons (Fsp3) is 0.467. The second-order valence-corrected chi connectivity index (χ2v) is 4.69. The molecular formula is C15H21NO3. The molecule has 0 aliphatic rings. The maximum atomic E-state index is 11.5. The number of hydrogen-bond acceptors (Lipinski definition) is 2. The summed E-state index contributed by atoms with van der Waals surface area (Å²) in [6.45, 7) is 2.49. The van der Waals surface area contributed by atoms with E-state index >= 15 is 0 Å². The Morgan fingerprint density at radius 3 is 2.42 bits per heavy atom. The standard InChI is InChI=1S/C15H21NO3/c1-12-7-9-13(10-8-12)4-2-5-14(17)16-11-3-6-15(18)19/h7-10H,2-6,11H2,1H3,(H,16,17)(H,18,19). The maximum Gasteiger partial charge on any atom is 0.303 e. The lowest BCUT2D eigenvalue weighted by molar-refractivity contribution is -0.137.